The third-order valence-corrected chi connectivity index (χ3v) is 3.12. The van der Waals surface area contributed by atoms with E-state index >= 15 is 0 Å². The van der Waals surface area contributed by atoms with Gasteiger partial charge in [-0.2, -0.15) is 13.2 Å². The molecule has 0 saturated heterocycles. The highest BCUT2D eigenvalue weighted by Gasteiger charge is 2.37. The van der Waals surface area contributed by atoms with Crippen molar-refractivity contribution >= 4 is 11.4 Å². The summed E-state index contributed by atoms with van der Waals surface area (Å²) in [5, 5.41) is 9.99. The number of rotatable bonds is 3. The van der Waals surface area contributed by atoms with Crippen molar-refractivity contribution in [2.75, 3.05) is 0 Å². The first kappa shape index (κ1) is 16.7. The van der Waals surface area contributed by atoms with E-state index in [2.05, 4.69) is 4.99 Å². The molecule has 0 aliphatic carbocycles. The van der Waals surface area contributed by atoms with E-state index in [4.69, 9.17) is 0 Å². The molecule has 0 saturated carbocycles. The maximum absolute atomic E-state index is 13.1. The van der Waals surface area contributed by atoms with Crippen LogP contribution in [0.1, 0.15) is 50.8 Å². The smallest absolute Gasteiger partial charge is 0.386 e. The highest BCUT2D eigenvalue weighted by Crippen LogP contribution is 2.40. The molecule has 0 atom stereocenters. The molecule has 0 spiro atoms. The molecule has 0 aliphatic rings. The molecular formula is C15H20F3NO. The summed E-state index contributed by atoms with van der Waals surface area (Å²) in [4.78, 5) is 4.31. The van der Waals surface area contributed by atoms with Crippen molar-refractivity contribution in [1.82, 2.24) is 0 Å². The number of aliphatic imine (C=N–C) groups is 1. The second-order valence-electron chi connectivity index (χ2n) is 5.44. The third-order valence-electron chi connectivity index (χ3n) is 3.12. The Morgan fingerprint density at radius 1 is 1.20 bits per heavy atom. The van der Waals surface area contributed by atoms with Crippen molar-refractivity contribution in [3.05, 3.63) is 28.8 Å². The van der Waals surface area contributed by atoms with Gasteiger partial charge in [-0.25, -0.2) is 0 Å². The molecule has 1 aromatic carbocycles. The van der Waals surface area contributed by atoms with Gasteiger partial charge in [0.25, 0.3) is 0 Å². The van der Waals surface area contributed by atoms with E-state index in [0.29, 0.717) is 11.3 Å². The number of hydrogen-bond donors (Lipinski definition) is 1. The van der Waals surface area contributed by atoms with Gasteiger partial charge in [0.15, 0.2) is 0 Å². The van der Waals surface area contributed by atoms with Gasteiger partial charge in [0.1, 0.15) is 0 Å². The molecule has 0 bridgehead atoms. The molecule has 0 aromatic heterocycles. The van der Waals surface area contributed by atoms with Gasteiger partial charge in [-0.15, -0.1) is 0 Å². The Morgan fingerprint density at radius 3 is 2.15 bits per heavy atom. The van der Waals surface area contributed by atoms with Crippen LogP contribution in [0.15, 0.2) is 17.1 Å². The van der Waals surface area contributed by atoms with Crippen LogP contribution in [0.4, 0.5) is 18.9 Å². The molecule has 1 N–H and O–H groups in total. The number of benzene rings is 1. The summed E-state index contributed by atoms with van der Waals surface area (Å²) >= 11 is 0. The quantitative estimate of drug-likeness (QED) is 0.800. The highest BCUT2D eigenvalue weighted by atomic mass is 19.4. The minimum absolute atomic E-state index is 0.154. The molecule has 0 amide bonds. The average Bonchev–Trinajstić information content (AvgIpc) is 2.28. The molecule has 112 valence electrons. The van der Waals surface area contributed by atoms with Gasteiger partial charge in [0.2, 0.25) is 0 Å². The lowest BCUT2D eigenvalue weighted by Crippen LogP contribution is -2.22. The third kappa shape index (κ3) is 3.82. The van der Waals surface area contributed by atoms with Crippen LogP contribution in [-0.4, -0.2) is 10.8 Å². The monoisotopic (exact) mass is 287 g/mol. The number of alkyl halides is 3. The van der Waals surface area contributed by atoms with Crippen molar-refractivity contribution < 1.29 is 18.3 Å². The lowest BCUT2D eigenvalue weighted by atomic mass is 9.90. The van der Waals surface area contributed by atoms with Crippen LogP contribution in [0.3, 0.4) is 0 Å². The van der Waals surface area contributed by atoms with E-state index in [-0.39, 0.29) is 5.56 Å². The predicted molar refractivity (Wildman–Crippen MR) is 74.5 cm³/mol. The van der Waals surface area contributed by atoms with Crippen molar-refractivity contribution in [3.63, 3.8) is 0 Å². The Hall–Kier alpha value is -1.36. The molecule has 0 fully saturated rings. The van der Waals surface area contributed by atoms with Gasteiger partial charge < -0.3 is 5.11 Å². The summed E-state index contributed by atoms with van der Waals surface area (Å²) < 4.78 is 39.2. The van der Waals surface area contributed by atoms with Gasteiger partial charge in [-0.1, -0.05) is 6.92 Å². The van der Waals surface area contributed by atoms with Gasteiger partial charge in [0.05, 0.1) is 16.9 Å². The van der Waals surface area contributed by atoms with Crippen molar-refractivity contribution in [3.8, 4) is 0 Å². The molecule has 1 rings (SSSR count). The maximum Gasteiger partial charge on any atom is 0.416 e. The summed E-state index contributed by atoms with van der Waals surface area (Å²) in [5.41, 5.74) is -0.806. The van der Waals surface area contributed by atoms with Crippen molar-refractivity contribution in [1.29, 1.82) is 0 Å². The van der Waals surface area contributed by atoms with Crippen LogP contribution in [0, 0.1) is 6.92 Å². The second-order valence-corrected chi connectivity index (χ2v) is 5.44. The lowest BCUT2D eigenvalue weighted by Gasteiger charge is -2.24. The van der Waals surface area contributed by atoms with Gasteiger partial charge in [-0.3, -0.25) is 4.99 Å². The van der Waals surface area contributed by atoms with Gasteiger partial charge >= 0.3 is 6.18 Å². The fourth-order valence-corrected chi connectivity index (χ4v) is 1.84. The van der Waals surface area contributed by atoms with E-state index in [9.17, 15) is 18.3 Å². The molecule has 0 unspecified atom stereocenters. The fourth-order valence-electron chi connectivity index (χ4n) is 1.84. The van der Waals surface area contributed by atoms with Crippen LogP contribution in [0.5, 0.6) is 0 Å². The normalized spacial score (nSPS) is 13.8. The zero-order valence-corrected chi connectivity index (χ0v) is 12.4. The standard InChI is InChI=1S/C15H20F3NO/c1-6-10(3)19-13-8-11(14(4,5)20)12(7-9(13)2)15(16,17)18/h7-8,20H,6H2,1-5H3. The van der Waals surface area contributed by atoms with Crippen LogP contribution in [0.25, 0.3) is 0 Å². The molecule has 0 radical (unpaired) electrons. The number of aryl methyl sites for hydroxylation is 1. The van der Waals surface area contributed by atoms with Crippen molar-refractivity contribution in [2.24, 2.45) is 4.99 Å². The zero-order chi connectivity index (χ0) is 15.7. The summed E-state index contributed by atoms with van der Waals surface area (Å²) in [6, 6.07) is 2.38. The first-order chi connectivity index (χ1) is 8.96. The average molecular weight is 287 g/mol. The molecule has 1 aromatic rings. The molecule has 20 heavy (non-hydrogen) atoms. The van der Waals surface area contributed by atoms with E-state index < -0.39 is 17.3 Å². The Bertz CT molecular complexity index is 525. The Kier molecular flexibility index (Phi) is 4.64. The van der Waals surface area contributed by atoms with Crippen LogP contribution >= 0.6 is 0 Å². The molecule has 0 aliphatic heterocycles. The predicted octanol–water partition coefficient (Wildman–Crippen LogP) is 4.74. The molecule has 5 heteroatoms. The van der Waals surface area contributed by atoms with Crippen LogP contribution in [0.2, 0.25) is 0 Å². The number of halogens is 3. The first-order valence-electron chi connectivity index (χ1n) is 6.45. The van der Waals surface area contributed by atoms with E-state index in [1.165, 1.54) is 19.9 Å². The summed E-state index contributed by atoms with van der Waals surface area (Å²) in [6.07, 6.45) is -3.78. The Balaban J connectivity index is 3.57. The van der Waals surface area contributed by atoms with Crippen molar-refractivity contribution in [2.45, 2.75) is 52.8 Å². The first-order valence-corrected chi connectivity index (χ1v) is 6.45. The Morgan fingerprint density at radius 2 is 1.75 bits per heavy atom. The van der Waals surface area contributed by atoms with E-state index in [1.807, 2.05) is 13.8 Å². The maximum atomic E-state index is 13.1. The topological polar surface area (TPSA) is 32.6 Å². The molecular weight excluding hydrogens is 267 g/mol. The SMILES string of the molecule is CCC(C)=Nc1cc(C(C)(C)O)c(C(F)(F)F)cc1C. The number of hydrogen-bond acceptors (Lipinski definition) is 2. The lowest BCUT2D eigenvalue weighted by molar-refractivity contribution is -0.140. The van der Waals surface area contributed by atoms with Gasteiger partial charge in [-0.05, 0) is 57.4 Å². The summed E-state index contributed by atoms with van der Waals surface area (Å²) in [5.74, 6) is 0. The van der Waals surface area contributed by atoms with Crippen LogP contribution < -0.4 is 0 Å². The fraction of sp³-hybridized carbons (Fsp3) is 0.533. The minimum Gasteiger partial charge on any atom is -0.386 e. The van der Waals surface area contributed by atoms with E-state index in [1.54, 1.807) is 6.92 Å². The minimum atomic E-state index is -4.50. The van der Waals surface area contributed by atoms with E-state index in [0.717, 1.165) is 18.2 Å². The number of aliphatic hydroxyl groups is 1. The Labute approximate surface area is 117 Å². The van der Waals surface area contributed by atoms with Crippen LogP contribution in [-0.2, 0) is 11.8 Å². The molecule has 2 nitrogen and oxygen atoms in total. The second kappa shape index (κ2) is 5.56. The summed E-state index contributed by atoms with van der Waals surface area (Å²) in [6.45, 7) is 8.02. The number of nitrogens with zero attached hydrogens (tertiary/aromatic N) is 1. The highest BCUT2D eigenvalue weighted by molar-refractivity contribution is 5.84. The zero-order valence-electron chi connectivity index (χ0n) is 12.4. The summed E-state index contributed by atoms with van der Waals surface area (Å²) in [7, 11) is 0. The largest absolute Gasteiger partial charge is 0.416 e. The van der Waals surface area contributed by atoms with Gasteiger partial charge in [0, 0.05) is 5.71 Å². The molecule has 0 heterocycles.